The van der Waals surface area contributed by atoms with Gasteiger partial charge in [-0.3, -0.25) is 9.59 Å². The van der Waals surface area contributed by atoms with Crippen LogP contribution in [0.1, 0.15) is 43.0 Å². The van der Waals surface area contributed by atoms with Crippen LogP contribution in [0.3, 0.4) is 0 Å². The molecule has 0 bridgehead atoms. The number of hydrogen-bond donors (Lipinski definition) is 3. The summed E-state index contributed by atoms with van der Waals surface area (Å²) < 4.78 is 0. The molecule has 0 unspecified atom stereocenters. The predicted octanol–water partition coefficient (Wildman–Crippen LogP) is 1.69. The second-order valence-corrected chi connectivity index (χ2v) is 5.71. The minimum Gasteiger partial charge on any atom is -0.399 e. The first kappa shape index (κ1) is 15.4. The molecule has 1 fully saturated rings. The zero-order chi connectivity index (χ0) is 15.2. The van der Waals surface area contributed by atoms with Gasteiger partial charge < -0.3 is 16.4 Å². The van der Waals surface area contributed by atoms with Crippen LogP contribution in [0.2, 0.25) is 0 Å². The molecular formula is C16H23N3O2. The third-order valence-corrected chi connectivity index (χ3v) is 4.08. The van der Waals surface area contributed by atoms with E-state index in [0.29, 0.717) is 17.2 Å². The van der Waals surface area contributed by atoms with Crippen molar-refractivity contribution in [1.82, 2.24) is 10.6 Å². The van der Waals surface area contributed by atoms with Crippen molar-refractivity contribution >= 4 is 17.5 Å². The van der Waals surface area contributed by atoms with Crippen LogP contribution < -0.4 is 16.4 Å². The molecular weight excluding hydrogens is 266 g/mol. The van der Waals surface area contributed by atoms with Gasteiger partial charge in [0.2, 0.25) is 5.91 Å². The maximum Gasteiger partial charge on any atom is 0.251 e. The number of benzene rings is 1. The van der Waals surface area contributed by atoms with Crippen LogP contribution in [0.5, 0.6) is 0 Å². The molecule has 21 heavy (non-hydrogen) atoms. The molecule has 1 aromatic carbocycles. The van der Waals surface area contributed by atoms with E-state index in [1.807, 2.05) is 6.92 Å². The zero-order valence-electron chi connectivity index (χ0n) is 12.4. The summed E-state index contributed by atoms with van der Waals surface area (Å²) in [5, 5.41) is 5.59. The van der Waals surface area contributed by atoms with Gasteiger partial charge in [-0.05, 0) is 49.9 Å². The number of nitrogens with two attached hydrogens (primary N) is 1. The molecule has 114 valence electrons. The summed E-state index contributed by atoms with van der Waals surface area (Å²) in [6.45, 7) is 2.04. The van der Waals surface area contributed by atoms with Gasteiger partial charge in [0.25, 0.3) is 5.91 Å². The van der Waals surface area contributed by atoms with E-state index in [2.05, 4.69) is 10.6 Å². The summed E-state index contributed by atoms with van der Waals surface area (Å²) >= 11 is 0. The lowest BCUT2D eigenvalue weighted by molar-refractivity contribution is -0.121. The van der Waals surface area contributed by atoms with Crippen molar-refractivity contribution in [2.75, 3.05) is 12.3 Å². The first-order valence-electron chi connectivity index (χ1n) is 7.49. The van der Waals surface area contributed by atoms with Gasteiger partial charge in [-0.2, -0.15) is 0 Å². The Morgan fingerprint density at radius 1 is 1.24 bits per heavy atom. The van der Waals surface area contributed by atoms with Gasteiger partial charge >= 0.3 is 0 Å². The second-order valence-electron chi connectivity index (χ2n) is 5.71. The standard InChI is InChI=1S/C16H23N3O2/c1-11(12-4-2-3-5-12)19-15(20)10-18-16(21)13-6-8-14(17)9-7-13/h6-9,11-12H,2-5,10,17H2,1H3,(H,18,21)(H,19,20)/t11-/m1/s1. The molecule has 2 rings (SSSR count). The van der Waals surface area contributed by atoms with Crippen LogP contribution in [0, 0.1) is 5.92 Å². The van der Waals surface area contributed by atoms with Crippen molar-refractivity contribution in [1.29, 1.82) is 0 Å². The number of carbonyl (C=O) groups excluding carboxylic acids is 2. The van der Waals surface area contributed by atoms with Gasteiger partial charge in [0.1, 0.15) is 0 Å². The third kappa shape index (κ3) is 4.48. The van der Waals surface area contributed by atoms with Crippen molar-refractivity contribution < 1.29 is 9.59 Å². The van der Waals surface area contributed by atoms with Gasteiger partial charge in [0.15, 0.2) is 0 Å². The van der Waals surface area contributed by atoms with Crippen molar-refractivity contribution in [3.63, 3.8) is 0 Å². The Labute approximate surface area is 125 Å². The van der Waals surface area contributed by atoms with Gasteiger partial charge in [-0.25, -0.2) is 0 Å². The maximum atomic E-state index is 11.9. The lowest BCUT2D eigenvalue weighted by Gasteiger charge is -2.20. The molecule has 0 saturated heterocycles. The van der Waals surface area contributed by atoms with Crippen LogP contribution >= 0.6 is 0 Å². The molecule has 5 heteroatoms. The summed E-state index contributed by atoms with van der Waals surface area (Å²) in [6.07, 6.45) is 4.86. The van der Waals surface area contributed by atoms with Crippen LogP contribution in [-0.4, -0.2) is 24.4 Å². The molecule has 4 N–H and O–H groups in total. The second kappa shape index (κ2) is 7.11. The van der Waals surface area contributed by atoms with Gasteiger partial charge in [-0.15, -0.1) is 0 Å². The first-order valence-corrected chi connectivity index (χ1v) is 7.49. The minimum atomic E-state index is -0.265. The number of anilines is 1. The Morgan fingerprint density at radius 3 is 2.48 bits per heavy atom. The monoisotopic (exact) mass is 289 g/mol. The highest BCUT2D eigenvalue weighted by Crippen LogP contribution is 2.27. The van der Waals surface area contributed by atoms with Crippen molar-refractivity contribution in [3.05, 3.63) is 29.8 Å². The molecule has 0 spiro atoms. The Hall–Kier alpha value is -2.04. The van der Waals surface area contributed by atoms with Gasteiger partial charge in [0.05, 0.1) is 6.54 Å². The summed E-state index contributed by atoms with van der Waals surface area (Å²) in [7, 11) is 0. The van der Waals surface area contributed by atoms with Crippen LogP contribution in [0.15, 0.2) is 24.3 Å². The van der Waals surface area contributed by atoms with E-state index in [9.17, 15) is 9.59 Å². The smallest absolute Gasteiger partial charge is 0.251 e. The van der Waals surface area contributed by atoms with Gasteiger partial charge in [0, 0.05) is 17.3 Å². The fourth-order valence-corrected chi connectivity index (χ4v) is 2.78. The average Bonchev–Trinajstić information content (AvgIpc) is 3.00. The summed E-state index contributed by atoms with van der Waals surface area (Å²) in [5.41, 5.74) is 6.67. The molecule has 0 aliphatic heterocycles. The molecule has 5 nitrogen and oxygen atoms in total. The Bertz CT molecular complexity index is 493. The predicted molar refractivity (Wildman–Crippen MR) is 82.8 cm³/mol. The summed E-state index contributed by atoms with van der Waals surface area (Å²) in [4.78, 5) is 23.7. The van der Waals surface area contributed by atoms with Crippen LogP contribution in [0.4, 0.5) is 5.69 Å². The lowest BCUT2D eigenvalue weighted by atomic mass is 10.00. The number of amides is 2. The number of rotatable bonds is 5. The molecule has 1 aromatic rings. The number of carbonyl (C=O) groups is 2. The highest BCUT2D eigenvalue weighted by molar-refractivity contribution is 5.96. The topological polar surface area (TPSA) is 84.2 Å². The van der Waals surface area contributed by atoms with Crippen LogP contribution in [-0.2, 0) is 4.79 Å². The molecule has 1 aliphatic carbocycles. The third-order valence-electron chi connectivity index (χ3n) is 4.08. The molecule has 1 atom stereocenters. The van der Waals surface area contributed by atoms with E-state index in [0.717, 1.165) is 0 Å². The quantitative estimate of drug-likeness (QED) is 0.721. The number of hydrogen-bond acceptors (Lipinski definition) is 3. The Morgan fingerprint density at radius 2 is 1.86 bits per heavy atom. The fourth-order valence-electron chi connectivity index (χ4n) is 2.78. The van der Waals surface area contributed by atoms with E-state index in [1.54, 1.807) is 24.3 Å². The Kier molecular flexibility index (Phi) is 5.20. The molecule has 0 radical (unpaired) electrons. The van der Waals surface area contributed by atoms with E-state index in [4.69, 9.17) is 5.73 Å². The number of nitrogen functional groups attached to an aromatic ring is 1. The first-order chi connectivity index (χ1) is 10.1. The molecule has 1 aliphatic rings. The molecule has 2 amide bonds. The Balaban J connectivity index is 1.75. The van der Waals surface area contributed by atoms with Gasteiger partial charge in [-0.1, -0.05) is 12.8 Å². The maximum absolute atomic E-state index is 11.9. The molecule has 0 heterocycles. The fraction of sp³-hybridized carbons (Fsp3) is 0.500. The van der Waals surface area contributed by atoms with E-state index < -0.39 is 0 Å². The SMILES string of the molecule is C[C@@H](NC(=O)CNC(=O)c1ccc(N)cc1)C1CCCC1. The molecule has 1 saturated carbocycles. The van der Waals surface area contributed by atoms with E-state index in [-0.39, 0.29) is 24.4 Å². The van der Waals surface area contributed by atoms with E-state index >= 15 is 0 Å². The average molecular weight is 289 g/mol. The van der Waals surface area contributed by atoms with Crippen molar-refractivity contribution in [3.8, 4) is 0 Å². The largest absolute Gasteiger partial charge is 0.399 e. The summed E-state index contributed by atoms with van der Waals surface area (Å²) in [6, 6.07) is 6.79. The highest BCUT2D eigenvalue weighted by atomic mass is 16.2. The molecule has 0 aromatic heterocycles. The zero-order valence-corrected chi connectivity index (χ0v) is 12.4. The van der Waals surface area contributed by atoms with Crippen molar-refractivity contribution in [2.24, 2.45) is 5.92 Å². The van der Waals surface area contributed by atoms with Crippen molar-refractivity contribution in [2.45, 2.75) is 38.6 Å². The summed E-state index contributed by atoms with van der Waals surface area (Å²) in [5.74, 6) is 0.165. The normalized spacial score (nSPS) is 16.4. The highest BCUT2D eigenvalue weighted by Gasteiger charge is 2.22. The van der Waals surface area contributed by atoms with E-state index in [1.165, 1.54) is 25.7 Å². The van der Waals surface area contributed by atoms with Crippen LogP contribution in [0.25, 0.3) is 0 Å². The minimum absolute atomic E-state index is 0.000268. The lowest BCUT2D eigenvalue weighted by Crippen LogP contribution is -2.43. The number of nitrogens with one attached hydrogen (secondary N) is 2.